The first-order valence-corrected chi connectivity index (χ1v) is 20.1. The highest BCUT2D eigenvalue weighted by molar-refractivity contribution is 7.89. The van der Waals surface area contributed by atoms with Gasteiger partial charge in [-0.05, 0) is 41.0 Å². The number of aliphatic hydroxyl groups is 1. The molecule has 0 radical (unpaired) electrons. The summed E-state index contributed by atoms with van der Waals surface area (Å²) in [6.07, 6.45) is 4.92. The van der Waals surface area contributed by atoms with E-state index in [-0.39, 0.29) is 42.9 Å². The maximum Gasteiger partial charge on any atom is 0.321 e. The molecule has 2 aromatic heterocycles. The van der Waals surface area contributed by atoms with E-state index in [1.807, 2.05) is 70.3 Å². The first kappa shape index (κ1) is 40.4. The molecule has 0 aliphatic carbocycles. The van der Waals surface area contributed by atoms with Crippen molar-refractivity contribution in [1.29, 1.82) is 0 Å². The number of oxime groups is 1. The fourth-order valence-electron chi connectivity index (χ4n) is 6.46. The Balaban J connectivity index is 1.36. The summed E-state index contributed by atoms with van der Waals surface area (Å²) in [7, 11) is -4.08. The van der Waals surface area contributed by atoms with Gasteiger partial charge in [-0.25, -0.2) is 18.2 Å². The van der Waals surface area contributed by atoms with E-state index < -0.39 is 39.5 Å². The van der Waals surface area contributed by atoms with Gasteiger partial charge >= 0.3 is 6.03 Å². The molecular formula is C38H48N8O6S2. The van der Waals surface area contributed by atoms with Crippen LogP contribution in [0.1, 0.15) is 51.4 Å². The summed E-state index contributed by atoms with van der Waals surface area (Å²) in [5.74, 6) is -0.525. The number of nitrogens with one attached hydrogen (secondary N) is 1. The molecule has 288 valence electrons. The Labute approximate surface area is 320 Å². The van der Waals surface area contributed by atoms with Crippen molar-refractivity contribution in [3.63, 3.8) is 0 Å². The van der Waals surface area contributed by atoms with E-state index in [0.29, 0.717) is 35.0 Å². The summed E-state index contributed by atoms with van der Waals surface area (Å²) in [4.78, 5) is 44.6. The molecule has 54 heavy (non-hydrogen) atoms. The number of sulfonamides is 1. The summed E-state index contributed by atoms with van der Waals surface area (Å²) < 4.78 is 29.1. The van der Waals surface area contributed by atoms with Gasteiger partial charge in [0.1, 0.15) is 16.7 Å². The molecule has 1 aliphatic rings. The lowest BCUT2D eigenvalue weighted by Crippen LogP contribution is -2.59. The maximum absolute atomic E-state index is 14.4. The van der Waals surface area contributed by atoms with Crippen LogP contribution in [0, 0.1) is 11.3 Å². The van der Waals surface area contributed by atoms with Crippen LogP contribution in [0.3, 0.4) is 0 Å². The Morgan fingerprint density at radius 3 is 2.43 bits per heavy atom. The van der Waals surface area contributed by atoms with E-state index in [9.17, 15) is 23.1 Å². The topological polar surface area (TPSA) is 182 Å². The van der Waals surface area contributed by atoms with Crippen molar-refractivity contribution < 1.29 is 28.3 Å². The minimum absolute atomic E-state index is 0.0154. The molecule has 3 heterocycles. The van der Waals surface area contributed by atoms with Crippen LogP contribution in [0.5, 0.6) is 0 Å². The summed E-state index contributed by atoms with van der Waals surface area (Å²) in [5, 5.41) is 29.3. The van der Waals surface area contributed by atoms with Gasteiger partial charge in [-0.15, -0.1) is 11.3 Å². The van der Waals surface area contributed by atoms with Crippen LogP contribution in [0.4, 0.5) is 4.79 Å². The number of rotatable bonds is 16. The number of benzene rings is 2. The van der Waals surface area contributed by atoms with Crippen molar-refractivity contribution in [2.75, 3.05) is 26.2 Å². The molecule has 14 nitrogen and oxygen atoms in total. The number of thiazole rings is 1. The molecule has 1 aliphatic heterocycles. The van der Waals surface area contributed by atoms with Gasteiger partial charge < -0.3 is 25.4 Å². The first-order valence-electron chi connectivity index (χ1n) is 17.7. The van der Waals surface area contributed by atoms with Gasteiger partial charge in [0.2, 0.25) is 15.9 Å². The fraction of sp³-hybridized carbons (Fsp3) is 0.421. The van der Waals surface area contributed by atoms with E-state index in [4.69, 9.17) is 5.21 Å². The molecule has 1 fully saturated rings. The third kappa shape index (κ3) is 10.0. The Morgan fingerprint density at radius 2 is 1.80 bits per heavy atom. The normalized spacial score (nSPS) is 15.7. The van der Waals surface area contributed by atoms with Crippen molar-refractivity contribution in [2.45, 2.75) is 70.7 Å². The Kier molecular flexibility index (Phi) is 13.2. The summed E-state index contributed by atoms with van der Waals surface area (Å²) in [6.45, 7) is 10.2. The number of carbonyl (C=O) groups excluding carboxylic acids is 2. The molecule has 0 saturated carbocycles. The smallest absolute Gasteiger partial charge is 0.321 e. The van der Waals surface area contributed by atoms with Gasteiger partial charge in [0.15, 0.2) is 0 Å². The second-order valence-electron chi connectivity index (χ2n) is 14.8. The third-order valence-electron chi connectivity index (χ3n) is 8.97. The molecule has 3 atom stereocenters. The Bertz CT molecular complexity index is 1990. The molecule has 16 heteroatoms. The van der Waals surface area contributed by atoms with Crippen molar-refractivity contribution in [1.82, 2.24) is 34.4 Å². The van der Waals surface area contributed by atoms with Crippen molar-refractivity contribution >= 4 is 39.5 Å². The van der Waals surface area contributed by atoms with Gasteiger partial charge in [0.05, 0.1) is 41.7 Å². The SMILES string of the molecule is CC(C)CN(C[C@@H](O)[C@H](Cc1ccccc1)NC(=O)[C@@H](N1CCN(Cc2csc(-c3cnccn3)n2)C1=O)C(C)(C)C)S(=O)(=O)c1ccc(/C=N/O)cc1. The van der Waals surface area contributed by atoms with Gasteiger partial charge in [-0.2, -0.15) is 4.31 Å². The van der Waals surface area contributed by atoms with Gasteiger partial charge in [-0.3, -0.25) is 14.8 Å². The lowest BCUT2D eigenvalue weighted by atomic mass is 9.84. The number of nitrogens with zero attached hydrogens (tertiary/aromatic N) is 7. The van der Waals surface area contributed by atoms with Crippen LogP contribution in [0.2, 0.25) is 0 Å². The Hall–Kier alpha value is -4.77. The standard InChI is InChI=1S/C38H48N8O6S2/c1-26(2)22-45(54(51,52)30-13-11-28(12-14-30)20-41-50)24-33(47)31(19-27-9-7-6-8-10-27)43-35(48)34(38(3,4)5)46-18-17-44(37(46)49)23-29-25-53-36(42-29)32-21-39-15-16-40-32/h6-16,20-21,25-26,31,33-34,47,50H,17-19,22-24H2,1-5H3,(H,43,48)/b41-20+/t31-,33+,34+/m0/s1. The molecule has 0 spiro atoms. The van der Waals surface area contributed by atoms with Crippen LogP contribution in [-0.2, 0) is 27.8 Å². The molecule has 0 bridgehead atoms. The van der Waals surface area contributed by atoms with Crippen LogP contribution in [0.15, 0.2) is 88.6 Å². The summed E-state index contributed by atoms with van der Waals surface area (Å²) >= 11 is 1.42. The van der Waals surface area contributed by atoms with E-state index in [1.165, 1.54) is 46.1 Å². The van der Waals surface area contributed by atoms with Crippen molar-refractivity contribution in [2.24, 2.45) is 16.5 Å². The third-order valence-corrected chi connectivity index (χ3v) is 11.7. The Morgan fingerprint density at radius 1 is 1.07 bits per heavy atom. The lowest BCUT2D eigenvalue weighted by molar-refractivity contribution is -0.130. The molecular weight excluding hydrogens is 729 g/mol. The van der Waals surface area contributed by atoms with Crippen molar-refractivity contribution in [3.8, 4) is 10.7 Å². The predicted molar refractivity (Wildman–Crippen MR) is 206 cm³/mol. The van der Waals surface area contributed by atoms with E-state index in [1.54, 1.807) is 28.4 Å². The quantitative estimate of drug-likeness (QED) is 0.0839. The zero-order valence-corrected chi connectivity index (χ0v) is 32.7. The average Bonchev–Trinajstić information content (AvgIpc) is 3.74. The highest BCUT2D eigenvalue weighted by Crippen LogP contribution is 2.30. The maximum atomic E-state index is 14.4. The number of hydrogen-bond donors (Lipinski definition) is 3. The monoisotopic (exact) mass is 776 g/mol. The van der Waals surface area contributed by atoms with E-state index in [2.05, 4.69) is 25.4 Å². The second-order valence-corrected chi connectivity index (χ2v) is 17.6. The number of carbonyl (C=O) groups is 2. The molecule has 2 aromatic carbocycles. The van der Waals surface area contributed by atoms with Crippen LogP contribution in [0.25, 0.3) is 10.7 Å². The largest absolute Gasteiger partial charge is 0.411 e. The number of aromatic nitrogens is 3. The van der Waals surface area contributed by atoms with Gasteiger partial charge in [-0.1, -0.05) is 82.2 Å². The number of aliphatic hydroxyl groups excluding tert-OH is 1. The van der Waals surface area contributed by atoms with Crippen LogP contribution >= 0.6 is 11.3 Å². The van der Waals surface area contributed by atoms with E-state index in [0.717, 1.165) is 5.56 Å². The molecule has 4 aromatic rings. The molecule has 0 unspecified atom stereocenters. The summed E-state index contributed by atoms with van der Waals surface area (Å²) in [6, 6.07) is 13.1. The minimum Gasteiger partial charge on any atom is -0.411 e. The zero-order chi connectivity index (χ0) is 39.0. The molecule has 3 amide bonds. The predicted octanol–water partition coefficient (Wildman–Crippen LogP) is 4.50. The van der Waals surface area contributed by atoms with E-state index >= 15 is 0 Å². The molecule has 1 saturated heterocycles. The molecule has 3 N–H and O–H groups in total. The number of amides is 3. The molecule has 5 rings (SSSR count). The minimum atomic E-state index is -4.08. The van der Waals surface area contributed by atoms with Crippen molar-refractivity contribution in [3.05, 3.63) is 95.4 Å². The first-order chi connectivity index (χ1) is 25.7. The van der Waals surface area contributed by atoms with Crippen LogP contribution in [-0.4, -0.2) is 110 Å². The average molecular weight is 777 g/mol. The summed E-state index contributed by atoms with van der Waals surface area (Å²) in [5.41, 5.74) is 2.00. The second kappa shape index (κ2) is 17.6. The van der Waals surface area contributed by atoms with Gasteiger partial charge in [0.25, 0.3) is 0 Å². The number of hydrogen-bond acceptors (Lipinski definition) is 11. The lowest BCUT2D eigenvalue weighted by Gasteiger charge is -2.38. The van der Waals surface area contributed by atoms with Gasteiger partial charge in [0, 0.05) is 44.0 Å². The highest BCUT2D eigenvalue weighted by atomic mass is 32.2. The van der Waals surface area contributed by atoms with Crippen LogP contribution < -0.4 is 5.32 Å². The highest BCUT2D eigenvalue weighted by Gasteiger charge is 2.44. The number of urea groups is 1. The zero-order valence-electron chi connectivity index (χ0n) is 31.1. The fourth-order valence-corrected chi connectivity index (χ4v) is 8.85.